The maximum atomic E-state index is 10.8. The Bertz CT molecular complexity index is 876. The number of nitrogens with zero attached hydrogens (tertiary/aromatic N) is 3. The van der Waals surface area contributed by atoms with Crippen LogP contribution in [0, 0.1) is 17.0 Å². The molecular formula is C17H17N5O3. The number of ether oxygens (including phenoxy) is 1. The number of benzene rings is 2. The Morgan fingerprint density at radius 3 is 2.76 bits per heavy atom. The second-order valence-electron chi connectivity index (χ2n) is 5.57. The molecule has 0 aliphatic rings. The van der Waals surface area contributed by atoms with Crippen LogP contribution in [0.1, 0.15) is 28.8 Å². The molecule has 0 bridgehead atoms. The molecule has 3 rings (SSSR count). The first-order valence-electron chi connectivity index (χ1n) is 7.63. The smallest absolute Gasteiger partial charge is 0.273 e. The van der Waals surface area contributed by atoms with Crippen LogP contribution in [0.4, 0.5) is 5.69 Å². The van der Waals surface area contributed by atoms with E-state index < -0.39 is 11.0 Å². The van der Waals surface area contributed by atoms with Crippen LogP contribution in [0.5, 0.6) is 5.75 Å². The van der Waals surface area contributed by atoms with Gasteiger partial charge in [0, 0.05) is 6.07 Å². The van der Waals surface area contributed by atoms with Gasteiger partial charge < -0.3 is 10.5 Å². The molecule has 3 N–H and O–H groups in total. The molecule has 0 fully saturated rings. The third-order valence-electron chi connectivity index (χ3n) is 3.67. The van der Waals surface area contributed by atoms with Crippen molar-refractivity contribution in [3.63, 3.8) is 0 Å². The summed E-state index contributed by atoms with van der Waals surface area (Å²) in [6, 6.07) is 13.4. The molecule has 0 aliphatic carbocycles. The number of hydrogen-bond acceptors (Lipinski definition) is 6. The minimum absolute atomic E-state index is 0.0304. The van der Waals surface area contributed by atoms with Crippen molar-refractivity contribution in [1.29, 1.82) is 0 Å². The number of non-ortho nitro benzene ring substituents is 1. The molecule has 0 spiro atoms. The van der Waals surface area contributed by atoms with Gasteiger partial charge in [0.25, 0.3) is 5.69 Å². The molecule has 0 aliphatic heterocycles. The Kier molecular flexibility index (Phi) is 4.71. The maximum Gasteiger partial charge on any atom is 0.273 e. The molecule has 8 heteroatoms. The monoisotopic (exact) mass is 339 g/mol. The van der Waals surface area contributed by atoms with Crippen molar-refractivity contribution >= 4 is 5.69 Å². The lowest BCUT2D eigenvalue weighted by Gasteiger charge is -2.08. The van der Waals surface area contributed by atoms with Gasteiger partial charge in [-0.1, -0.05) is 35.9 Å². The second-order valence-corrected chi connectivity index (χ2v) is 5.57. The first-order chi connectivity index (χ1) is 12.0. The molecule has 1 atom stereocenters. The highest BCUT2D eigenvalue weighted by molar-refractivity contribution is 5.38. The number of nitrogens with one attached hydrogen (secondary N) is 1. The minimum Gasteiger partial charge on any atom is -0.485 e. The van der Waals surface area contributed by atoms with Crippen LogP contribution in [-0.2, 0) is 6.61 Å². The minimum atomic E-state index is -0.472. The number of nitro benzene ring substituents is 1. The molecule has 8 nitrogen and oxygen atoms in total. The van der Waals surface area contributed by atoms with Crippen molar-refractivity contribution in [2.75, 3.05) is 0 Å². The third kappa shape index (κ3) is 3.99. The average Bonchev–Trinajstić information content (AvgIpc) is 3.09. The number of nitrogens with two attached hydrogens (primary N) is 1. The van der Waals surface area contributed by atoms with Crippen molar-refractivity contribution in [3.05, 3.63) is 81.4 Å². The molecule has 0 amide bonds. The largest absolute Gasteiger partial charge is 0.485 e. The number of aryl methyl sites for hydroxylation is 1. The topological polar surface area (TPSA) is 120 Å². The number of aromatic amines is 1. The lowest BCUT2D eigenvalue weighted by atomic mass is 10.1. The number of hydrogen-bond donors (Lipinski definition) is 2. The predicted molar refractivity (Wildman–Crippen MR) is 91.0 cm³/mol. The Morgan fingerprint density at radius 1 is 1.28 bits per heavy atom. The van der Waals surface area contributed by atoms with Gasteiger partial charge in [-0.25, -0.2) is 4.98 Å². The second kappa shape index (κ2) is 7.10. The molecule has 0 unspecified atom stereocenters. The van der Waals surface area contributed by atoms with E-state index in [2.05, 4.69) is 15.2 Å². The number of rotatable bonds is 6. The summed E-state index contributed by atoms with van der Waals surface area (Å²) in [7, 11) is 0. The van der Waals surface area contributed by atoms with Gasteiger partial charge in [0.15, 0.2) is 11.6 Å². The van der Waals surface area contributed by atoms with Gasteiger partial charge in [-0.05, 0) is 18.6 Å². The summed E-state index contributed by atoms with van der Waals surface area (Å²) in [5, 5.41) is 17.7. The van der Waals surface area contributed by atoms with Crippen LogP contribution in [0.2, 0.25) is 0 Å². The van der Waals surface area contributed by atoms with Gasteiger partial charge in [0.1, 0.15) is 12.4 Å². The highest BCUT2D eigenvalue weighted by atomic mass is 16.6. The lowest BCUT2D eigenvalue weighted by molar-refractivity contribution is -0.384. The standard InChI is InChI=1S/C17H17N5O3/c1-11-5-7-12(8-6-11)16(18)17-19-15(20-21-17)10-25-14-4-2-3-13(9-14)22(23)24/h2-9,16H,10,18H2,1H3,(H,19,20,21)/t16-/m0/s1. The maximum absolute atomic E-state index is 10.8. The average molecular weight is 339 g/mol. The van der Waals surface area contributed by atoms with Crippen LogP contribution in [0.3, 0.4) is 0 Å². The van der Waals surface area contributed by atoms with E-state index in [1.165, 1.54) is 12.1 Å². The summed E-state index contributed by atoms with van der Waals surface area (Å²) < 4.78 is 5.52. The molecule has 0 radical (unpaired) electrons. The highest BCUT2D eigenvalue weighted by Gasteiger charge is 2.15. The van der Waals surface area contributed by atoms with Gasteiger partial charge in [0.05, 0.1) is 17.0 Å². The molecule has 25 heavy (non-hydrogen) atoms. The molecule has 128 valence electrons. The van der Waals surface area contributed by atoms with E-state index in [0.29, 0.717) is 17.4 Å². The van der Waals surface area contributed by atoms with Gasteiger partial charge in [-0.2, -0.15) is 5.10 Å². The molecule has 1 heterocycles. The van der Waals surface area contributed by atoms with E-state index >= 15 is 0 Å². The molecule has 1 aromatic heterocycles. The normalized spacial score (nSPS) is 11.9. The van der Waals surface area contributed by atoms with Crippen molar-refractivity contribution in [1.82, 2.24) is 15.2 Å². The summed E-state index contributed by atoms with van der Waals surface area (Å²) in [4.78, 5) is 14.6. The summed E-state index contributed by atoms with van der Waals surface area (Å²) >= 11 is 0. The zero-order chi connectivity index (χ0) is 17.8. The van der Waals surface area contributed by atoms with Gasteiger partial charge in [0.2, 0.25) is 0 Å². The van der Waals surface area contributed by atoms with Crippen molar-refractivity contribution in [2.45, 2.75) is 19.6 Å². The Labute approximate surface area is 143 Å². The molecule has 2 aromatic carbocycles. The Balaban J connectivity index is 1.66. The first kappa shape index (κ1) is 16.6. The molecule has 0 saturated carbocycles. The van der Waals surface area contributed by atoms with E-state index in [1.54, 1.807) is 12.1 Å². The molecule has 3 aromatic rings. The van der Waals surface area contributed by atoms with Crippen LogP contribution in [0.25, 0.3) is 0 Å². The van der Waals surface area contributed by atoms with E-state index in [0.717, 1.165) is 11.1 Å². The zero-order valence-corrected chi connectivity index (χ0v) is 13.5. The van der Waals surface area contributed by atoms with Crippen molar-refractivity contribution < 1.29 is 9.66 Å². The van der Waals surface area contributed by atoms with E-state index in [9.17, 15) is 10.1 Å². The van der Waals surface area contributed by atoms with Crippen LogP contribution in [0.15, 0.2) is 48.5 Å². The van der Waals surface area contributed by atoms with E-state index in [-0.39, 0.29) is 12.3 Å². The van der Waals surface area contributed by atoms with Gasteiger partial charge >= 0.3 is 0 Å². The quantitative estimate of drug-likeness (QED) is 0.526. The summed E-state index contributed by atoms with van der Waals surface area (Å²) in [6.45, 7) is 2.11. The summed E-state index contributed by atoms with van der Waals surface area (Å²) in [5.41, 5.74) is 8.21. The van der Waals surface area contributed by atoms with E-state index in [4.69, 9.17) is 10.5 Å². The lowest BCUT2D eigenvalue weighted by Crippen LogP contribution is -2.13. The highest BCUT2D eigenvalue weighted by Crippen LogP contribution is 2.20. The first-order valence-corrected chi connectivity index (χ1v) is 7.63. The van der Waals surface area contributed by atoms with Crippen LogP contribution in [-0.4, -0.2) is 20.1 Å². The Morgan fingerprint density at radius 2 is 2.04 bits per heavy atom. The third-order valence-corrected chi connectivity index (χ3v) is 3.67. The zero-order valence-electron chi connectivity index (χ0n) is 13.5. The fraction of sp³-hybridized carbons (Fsp3) is 0.176. The fourth-order valence-electron chi connectivity index (χ4n) is 2.28. The number of nitro groups is 1. The van der Waals surface area contributed by atoms with Gasteiger partial charge in [-0.3, -0.25) is 15.2 Å². The molecular weight excluding hydrogens is 322 g/mol. The fourth-order valence-corrected chi connectivity index (χ4v) is 2.28. The van der Waals surface area contributed by atoms with Crippen LogP contribution >= 0.6 is 0 Å². The summed E-state index contributed by atoms with van der Waals surface area (Å²) in [5.74, 6) is 1.33. The SMILES string of the molecule is Cc1ccc([C@H](N)c2n[nH]c(COc3cccc([N+](=O)[O-])c3)n2)cc1. The number of H-pyrrole nitrogens is 1. The van der Waals surface area contributed by atoms with E-state index in [1.807, 2.05) is 31.2 Å². The van der Waals surface area contributed by atoms with Crippen molar-refractivity contribution in [2.24, 2.45) is 5.73 Å². The predicted octanol–water partition coefficient (Wildman–Crippen LogP) is 2.65. The number of aromatic nitrogens is 3. The Hall–Kier alpha value is -3.26. The summed E-state index contributed by atoms with van der Waals surface area (Å²) in [6.07, 6.45) is 0. The van der Waals surface area contributed by atoms with Gasteiger partial charge in [-0.15, -0.1) is 0 Å². The molecule has 0 saturated heterocycles. The van der Waals surface area contributed by atoms with Crippen LogP contribution < -0.4 is 10.5 Å². The van der Waals surface area contributed by atoms with Crippen molar-refractivity contribution in [3.8, 4) is 5.75 Å².